The molecule has 2 aromatic rings. The Morgan fingerprint density at radius 1 is 1.08 bits per heavy atom. The highest BCUT2D eigenvalue weighted by atomic mass is 35.5. The molecule has 25 heavy (non-hydrogen) atoms. The van der Waals surface area contributed by atoms with Crippen molar-refractivity contribution in [1.29, 1.82) is 0 Å². The molecule has 4 nitrogen and oxygen atoms in total. The van der Waals surface area contributed by atoms with E-state index in [0.29, 0.717) is 43.1 Å². The normalized spacial score (nSPS) is 10.3. The number of benzene rings is 2. The fourth-order valence-electron chi connectivity index (χ4n) is 2.52. The first-order valence-corrected chi connectivity index (χ1v) is 8.83. The predicted molar refractivity (Wildman–Crippen MR) is 101 cm³/mol. The Morgan fingerprint density at radius 2 is 1.84 bits per heavy atom. The van der Waals surface area contributed by atoms with Crippen LogP contribution in [-0.4, -0.2) is 29.8 Å². The Kier molecular flexibility index (Phi) is 7.48. The van der Waals surface area contributed by atoms with Gasteiger partial charge in [-0.05, 0) is 43.2 Å². The van der Waals surface area contributed by atoms with Gasteiger partial charge in [-0.1, -0.05) is 41.9 Å². The van der Waals surface area contributed by atoms with Crippen molar-refractivity contribution in [3.8, 4) is 0 Å². The third kappa shape index (κ3) is 6.24. The van der Waals surface area contributed by atoms with Gasteiger partial charge in [0.05, 0.1) is 0 Å². The summed E-state index contributed by atoms with van der Waals surface area (Å²) in [7, 11) is 0. The Hall–Kier alpha value is -2.33. The molecule has 0 spiro atoms. The molecule has 0 atom stereocenters. The molecule has 0 aliphatic rings. The zero-order valence-corrected chi connectivity index (χ0v) is 15.1. The van der Waals surface area contributed by atoms with Gasteiger partial charge < -0.3 is 10.2 Å². The van der Waals surface area contributed by atoms with Crippen molar-refractivity contribution in [3.05, 3.63) is 70.7 Å². The summed E-state index contributed by atoms with van der Waals surface area (Å²) in [4.78, 5) is 26.1. The van der Waals surface area contributed by atoms with Gasteiger partial charge in [-0.2, -0.15) is 0 Å². The lowest BCUT2D eigenvalue weighted by atomic mass is 10.2. The van der Waals surface area contributed by atoms with Crippen LogP contribution >= 0.6 is 11.6 Å². The molecule has 0 fully saturated rings. The van der Waals surface area contributed by atoms with Crippen LogP contribution in [0.15, 0.2) is 54.6 Å². The smallest absolute Gasteiger partial charge is 0.251 e. The van der Waals surface area contributed by atoms with Gasteiger partial charge in [-0.3, -0.25) is 9.59 Å². The molecule has 132 valence electrons. The first kappa shape index (κ1) is 19.0. The minimum Gasteiger partial charge on any atom is -0.352 e. The van der Waals surface area contributed by atoms with Crippen LogP contribution in [0, 0.1) is 0 Å². The van der Waals surface area contributed by atoms with E-state index in [9.17, 15) is 9.59 Å². The van der Waals surface area contributed by atoms with Crippen molar-refractivity contribution in [2.75, 3.05) is 13.1 Å². The van der Waals surface area contributed by atoms with Crippen LogP contribution in [0.3, 0.4) is 0 Å². The van der Waals surface area contributed by atoms with E-state index >= 15 is 0 Å². The number of halogens is 1. The molecular formula is C20H23ClN2O2. The molecule has 2 rings (SSSR count). The maximum Gasteiger partial charge on any atom is 0.251 e. The van der Waals surface area contributed by atoms with E-state index in [1.165, 1.54) is 0 Å². The first-order chi connectivity index (χ1) is 12.1. The second-order valence-corrected chi connectivity index (χ2v) is 6.20. The fraction of sp³-hybridized carbons (Fsp3) is 0.300. The van der Waals surface area contributed by atoms with Crippen molar-refractivity contribution in [3.63, 3.8) is 0 Å². The molecule has 5 heteroatoms. The lowest BCUT2D eigenvalue weighted by Gasteiger charge is -2.21. The molecule has 0 bridgehead atoms. The zero-order chi connectivity index (χ0) is 18.1. The van der Waals surface area contributed by atoms with Crippen molar-refractivity contribution in [2.45, 2.75) is 26.3 Å². The van der Waals surface area contributed by atoms with E-state index in [-0.39, 0.29) is 11.8 Å². The Labute approximate surface area is 153 Å². The summed E-state index contributed by atoms with van der Waals surface area (Å²) in [6.07, 6.45) is 1.02. The molecule has 1 N–H and O–H groups in total. The van der Waals surface area contributed by atoms with Gasteiger partial charge in [0, 0.05) is 36.6 Å². The summed E-state index contributed by atoms with van der Waals surface area (Å²) in [6, 6.07) is 16.6. The number of amides is 2. The average Bonchev–Trinajstić information content (AvgIpc) is 2.63. The minimum absolute atomic E-state index is 0.0800. The van der Waals surface area contributed by atoms with Gasteiger partial charge in [0.1, 0.15) is 0 Å². The summed E-state index contributed by atoms with van der Waals surface area (Å²) < 4.78 is 0. The molecule has 2 amide bonds. The van der Waals surface area contributed by atoms with Gasteiger partial charge in [0.2, 0.25) is 5.91 Å². The van der Waals surface area contributed by atoms with E-state index in [4.69, 9.17) is 11.6 Å². The van der Waals surface area contributed by atoms with Crippen molar-refractivity contribution in [2.24, 2.45) is 0 Å². The van der Waals surface area contributed by atoms with Crippen molar-refractivity contribution >= 4 is 23.4 Å². The fourth-order valence-corrected chi connectivity index (χ4v) is 2.74. The van der Waals surface area contributed by atoms with Crippen LogP contribution in [0.25, 0.3) is 0 Å². The molecule has 0 heterocycles. The molecular weight excluding hydrogens is 336 g/mol. The number of nitrogens with zero attached hydrogens (tertiary/aromatic N) is 1. The van der Waals surface area contributed by atoms with Crippen LogP contribution in [0.2, 0.25) is 5.02 Å². The maximum atomic E-state index is 12.4. The first-order valence-electron chi connectivity index (χ1n) is 8.45. The SMILES string of the molecule is CCN(Cc1cccc(Cl)c1)C(=O)CCCNC(=O)c1ccccc1. The number of nitrogens with one attached hydrogen (secondary N) is 1. The highest BCUT2D eigenvalue weighted by Gasteiger charge is 2.12. The van der Waals surface area contributed by atoms with Crippen LogP contribution in [-0.2, 0) is 11.3 Å². The van der Waals surface area contributed by atoms with Gasteiger partial charge in [-0.25, -0.2) is 0 Å². The van der Waals surface area contributed by atoms with Gasteiger partial charge >= 0.3 is 0 Å². The largest absolute Gasteiger partial charge is 0.352 e. The number of carbonyl (C=O) groups is 2. The minimum atomic E-state index is -0.112. The third-order valence-electron chi connectivity index (χ3n) is 3.89. The van der Waals surface area contributed by atoms with Crippen LogP contribution < -0.4 is 5.32 Å². The van der Waals surface area contributed by atoms with E-state index < -0.39 is 0 Å². The maximum absolute atomic E-state index is 12.4. The second kappa shape index (κ2) is 9.84. The topological polar surface area (TPSA) is 49.4 Å². The third-order valence-corrected chi connectivity index (χ3v) is 4.12. The summed E-state index contributed by atoms with van der Waals surface area (Å²) in [5.74, 6) is -0.0317. The molecule has 0 aromatic heterocycles. The quantitative estimate of drug-likeness (QED) is 0.727. The highest BCUT2D eigenvalue weighted by Crippen LogP contribution is 2.13. The molecule has 0 saturated carbocycles. The summed E-state index contributed by atoms with van der Waals surface area (Å²) >= 11 is 5.99. The van der Waals surface area contributed by atoms with Gasteiger partial charge in [-0.15, -0.1) is 0 Å². The standard InChI is InChI=1S/C20H23ClN2O2/c1-2-23(15-16-8-6-11-18(21)14-16)19(24)12-7-13-22-20(25)17-9-4-3-5-10-17/h3-6,8-11,14H,2,7,12-13,15H2,1H3,(H,22,25). The summed E-state index contributed by atoms with van der Waals surface area (Å²) in [5.41, 5.74) is 1.64. The zero-order valence-electron chi connectivity index (χ0n) is 14.4. The molecule has 0 radical (unpaired) electrons. The van der Waals surface area contributed by atoms with Crippen molar-refractivity contribution < 1.29 is 9.59 Å². The van der Waals surface area contributed by atoms with Crippen molar-refractivity contribution in [1.82, 2.24) is 10.2 Å². The molecule has 0 aliphatic heterocycles. The van der Waals surface area contributed by atoms with Crippen LogP contribution in [0.1, 0.15) is 35.7 Å². The lowest BCUT2D eigenvalue weighted by Crippen LogP contribution is -2.31. The monoisotopic (exact) mass is 358 g/mol. The van der Waals surface area contributed by atoms with Crippen LogP contribution in [0.5, 0.6) is 0 Å². The molecule has 0 saturated heterocycles. The molecule has 2 aromatic carbocycles. The van der Waals surface area contributed by atoms with Gasteiger partial charge in [0.15, 0.2) is 0 Å². The number of hydrogen-bond acceptors (Lipinski definition) is 2. The Balaban J connectivity index is 1.75. The van der Waals surface area contributed by atoms with Gasteiger partial charge in [0.25, 0.3) is 5.91 Å². The molecule has 0 unspecified atom stereocenters. The van der Waals surface area contributed by atoms with E-state index in [2.05, 4.69) is 5.32 Å². The average molecular weight is 359 g/mol. The number of carbonyl (C=O) groups excluding carboxylic acids is 2. The van der Waals surface area contributed by atoms with Crippen LogP contribution in [0.4, 0.5) is 0 Å². The van der Waals surface area contributed by atoms with E-state index in [0.717, 1.165) is 5.56 Å². The lowest BCUT2D eigenvalue weighted by molar-refractivity contribution is -0.131. The van der Waals surface area contributed by atoms with E-state index in [1.54, 1.807) is 17.0 Å². The second-order valence-electron chi connectivity index (χ2n) is 5.76. The van der Waals surface area contributed by atoms with E-state index in [1.807, 2.05) is 49.4 Å². The number of hydrogen-bond donors (Lipinski definition) is 1. The Morgan fingerprint density at radius 3 is 2.52 bits per heavy atom. The molecule has 0 aliphatic carbocycles. The predicted octanol–water partition coefficient (Wildman–Crippen LogP) is 3.90. The summed E-state index contributed by atoms with van der Waals surface area (Å²) in [5, 5.41) is 3.51. The highest BCUT2D eigenvalue weighted by molar-refractivity contribution is 6.30. The summed E-state index contributed by atoms with van der Waals surface area (Å²) in [6.45, 7) is 3.63. The Bertz CT molecular complexity index is 704. The number of rotatable bonds is 8.